The Balaban J connectivity index is 1.71. The van der Waals surface area contributed by atoms with Crippen LogP contribution in [-0.4, -0.2) is 47.4 Å². The van der Waals surface area contributed by atoms with Gasteiger partial charge in [-0.05, 0) is 6.42 Å². The van der Waals surface area contributed by atoms with Gasteiger partial charge in [0.15, 0.2) is 23.5 Å². The van der Waals surface area contributed by atoms with Crippen LogP contribution in [0.15, 0.2) is 24.8 Å². The number of rotatable bonds is 3. The number of nitrogens with zero attached hydrogens (tertiary/aromatic N) is 8. The summed E-state index contributed by atoms with van der Waals surface area (Å²) in [4.78, 5) is 10.7. The molecule has 0 radical (unpaired) electrons. The molecule has 0 bridgehead atoms. The van der Waals surface area contributed by atoms with Crippen LogP contribution in [0.4, 0.5) is 11.6 Å². The zero-order valence-electron chi connectivity index (χ0n) is 12.6. The second kappa shape index (κ2) is 5.24. The lowest BCUT2D eigenvalue weighted by molar-refractivity contribution is 0.477. The van der Waals surface area contributed by atoms with E-state index in [1.54, 1.807) is 14.1 Å². The predicted octanol–water partition coefficient (Wildman–Crippen LogP) is 0.872. The fourth-order valence-corrected chi connectivity index (χ4v) is 2.82. The summed E-state index contributed by atoms with van der Waals surface area (Å²) in [5, 5.41) is 20.7. The fourth-order valence-electron chi connectivity index (χ4n) is 2.82. The van der Waals surface area contributed by atoms with E-state index in [9.17, 15) is 0 Å². The van der Waals surface area contributed by atoms with E-state index in [2.05, 4.69) is 26.7 Å². The van der Waals surface area contributed by atoms with E-state index in [1.165, 1.54) is 6.33 Å². The lowest BCUT2D eigenvalue weighted by Gasteiger charge is -2.12. The Kier molecular flexibility index (Phi) is 3.08. The second-order valence-corrected chi connectivity index (χ2v) is 5.57. The van der Waals surface area contributed by atoms with E-state index < -0.39 is 0 Å². The quantitative estimate of drug-likeness (QED) is 0.716. The maximum atomic E-state index is 9.03. The Morgan fingerprint density at radius 1 is 1.43 bits per heavy atom. The maximum Gasteiger partial charge on any atom is 0.198 e. The highest BCUT2D eigenvalue weighted by Crippen LogP contribution is 2.27. The molecule has 3 aromatic rings. The van der Waals surface area contributed by atoms with Crippen molar-refractivity contribution in [3.05, 3.63) is 30.5 Å². The van der Waals surface area contributed by atoms with Crippen molar-refractivity contribution in [1.82, 2.24) is 34.3 Å². The van der Waals surface area contributed by atoms with Crippen LogP contribution in [0.25, 0.3) is 5.65 Å². The molecule has 1 unspecified atom stereocenters. The van der Waals surface area contributed by atoms with Gasteiger partial charge in [0.05, 0.1) is 11.9 Å². The van der Waals surface area contributed by atoms with Crippen LogP contribution < -0.4 is 5.32 Å². The topological polar surface area (TPSA) is 100.0 Å². The number of aromatic nitrogens is 6. The van der Waals surface area contributed by atoms with Crippen molar-refractivity contribution in [2.75, 3.05) is 18.4 Å². The first kappa shape index (κ1) is 13.5. The standard InChI is InChI=1S/C14H15N9/c1-21-4-3-12(20-21)19-13-14-16-9-17-23(14)7-11(18-13)10-2-5-22(6-10)8-15/h3-4,7,9-10H,2,5-6H2,1H3,(H,18,19,20). The smallest absolute Gasteiger partial charge is 0.198 e. The molecule has 1 N–H and O–H groups in total. The molecule has 9 heteroatoms. The third-order valence-corrected chi connectivity index (χ3v) is 3.99. The molecule has 0 amide bonds. The van der Waals surface area contributed by atoms with Gasteiger partial charge in [0, 0.05) is 38.3 Å². The van der Waals surface area contributed by atoms with Gasteiger partial charge in [-0.2, -0.15) is 15.5 Å². The summed E-state index contributed by atoms with van der Waals surface area (Å²) >= 11 is 0. The number of aryl methyl sites for hydroxylation is 1. The average Bonchev–Trinajstić information content (AvgIpc) is 3.26. The van der Waals surface area contributed by atoms with Crippen LogP contribution >= 0.6 is 0 Å². The van der Waals surface area contributed by atoms with Crippen molar-refractivity contribution in [3.8, 4) is 6.19 Å². The normalized spacial score (nSPS) is 17.6. The summed E-state index contributed by atoms with van der Waals surface area (Å²) in [5.41, 5.74) is 1.55. The van der Waals surface area contributed by atoms with Crippen LogP contribution in [0.1, 0.15) is 18.0 Å². The van der Waals surface area contributed by atoms with Gasteiger partial charge in [-0.1, -0.05) is 0 Å². The molecule has 0 aliphatic carbocycles. The molecule has 4 rings (SSSR count). The SMILES string of the molecule is Cn1ccc(Nc2nc(C3CCN(C#N)C3)cn3ncnc23)n1. The van der Waals surface area contributed by atoms with E-state index in [1.807, 2.05) is 25.5 Å². The largest absolute Gasteiger partial charge is 0.320 e. The predicted molar refractivity (Wildman–Crippen MR) is 81.8 cm³/mol. The highest BCUT2D eigenvalue weighted by molar-refractivity contribution is 5.67. The number of nitriles is 1. The third kappa shape index (κ3) is 2.44. The Hall–Kier alpha value is -3.15. The van der Waals surface area contributed by atoms with Crippen molar-refractivity contribution < 1.29 is 0 Å². The van der Waals surface area contributed by atoms with Gasteiger partial charge in [0.25, 0.3) is 0 Å². The van der Waals surface area contributed by atoms with Gasteiger partial charge in [-0.25, -0.2) is 14.5 Å². The lowest BCUT2D eigenvalue weighted by atomic mass is 10.1. The molecular formula is C14H15N9. The minimum Gasteiger partial charge on any atom is -0.320 e. The summed E-state index contributed by atoms with van der Waals surface area (Å²) in [6, 6.07) is 1.87. The molecule has 116 valence electrons. The molecule has 1 aliphatic rings. The van der Waals surface area contributed by atoms with Crippen LogP contribution in [0.5, 0.6) is 0 Å². The zero-order valence-corrected chi connectivity index (χ0v) is 12.6. The van der Waals surface area contributed by atoms with E-state index in [0.717, 1.165) is 18.7 Å². The molecule has 1 fully saturated rings. The molecule has 0 aromatic carbocycles. The van der Waals surface area contributed by atoms with E-state index in [4.69, 9.17) is 10.2 Å². The molecule has 0 saturated carbocycles. The minimum atomic E-state index is 0.215. The van der Waals surface area contributed by atoms with Crippen molar-refractivity contribution in [2.24, 2.45) is 7.05 Å². The second-order valence-electron chi connectivity index (χ2n) is 5.57. The number of likely N-dealkylation sites (tertiary alicyclic amines) is 1. The lowest BCUT2D eigenvalue weighted by Crippen LogP contribution is -2.14. The Morgan fingerprint density at radius 2 is 2.35 bits per heavy atom. The maximum absolute atomic E-state index is 9.03. The molecule has 1 aliphatic heterocycles. The first-order valence-corrected chi connectivity index (χ1v) is 7.34. The summed E-state index contributed by atoms with van der Waals surface area (Å²) < 4.78 is 3.43. The molecule has 1 atom stereocenters. The summed E-state index contributed by atoms with van der Waals surface area (Å²) in [7, 11) is 1.86. The van der Waals surface area contributed by atoms with Crippen molar-refractivity contribution in [2.45, 2.75) is 12.3 Å². The molecule has 4 heterocycles. The zero-order chi connectivity index (χ0) is 15.8. The monoisotopic (exact) mass is 309 g/mol. The van der Waals surface area contributed by atoms with E-state index in [-0.39, 0.29) is 5.92 Å². The van der Waals surface area contributed by atoms with Crippen molar-refractivity contribution >= 4 is 17.3 Å². The van der Waals surface area contributed by atoms with Crippen LogP contribution in [-0.2, 0) is 7.05 Å². The molecule has 0 spiro atoms. The fraction of sp³-hybridized carbons (Fsp3) is 0.357. The first-order valence-electron chi connectivity index (χ1n) is 7.34. The Bertz CT molecular complexity index is 887. The Morgan fingerprint density at radius 3 is 3.09 bits per heavy atom. The number of hydrogen-bond acceptors (Lipinski definition) is 7. The third-order valence-electron chi connectivity index (χ3n) is 3.99. The van der Waals surface area contributed by atoms with Gasteiger partial charge in [-0.3, -0.25) is 4.68 Å². The molecule has 9 nitrogen and oxygen atoms in total. The van der Waals surface area contributed by atoms with Gasteiger partial charge in [0.2, 0.25) is 0 Å². The van der Waals surface area contributed by atoms with Gasteiger partial charge in [0.1, 0.15) is 6.33 Å². The summed E-state index contributed by atoms with van der Waals surface area (Å²) in [5.74, 6) is 1.54. The van der Waals surface area contributed by atoms with E-state index >= 15 is 0 Å². The Labute approximate surface area is 132 Å². The highest BCUT2D eigenvalue weighted by Gasteiger charge is 2.25. The number of nitrogens with one attached hydrogen (secondary N) is 1. The number of anilines is 2. The van der Waals surface area contributed by atoms with Crippen molar-refractivity contribution in [3.63, 3.8) is 0 Å². The van der Waals surface area contributed by atoms with Gasteiger partial charge in [-0.15, -0.1) is 0 Å². The minimum absolute atomic E-state index is 0.215. The summed E-state index contributed by atoms with van der Waals surface area (Å²) in [6.45, 7) is 1.45. The van der Waals surface area contributed by atoms with Crippen LogP contribution in [0.2, 0.25) is 0 Å². The van der Waals surface area contributed by atoms with Crippen LogP contribution in [0, 0.1) is 11.5 Å². The van der Waals surface area contributed by atoms with Crippen molar-refractivity contribution in [1.29, 1.82) is 5.26 Å². The first-order chi connectivity index (χ1) is 11.2. The molecule has 23 heavy (non-hydrogen) atoms. The molecule has 1 saturated heterocycles. The molecular weight excluding hydrogens is 294 g/mol. The van der Waals surface area contributed by atoms with Gasteiger partial charge < -0.3 is 10.2 Å². The number of fused-ring (bicyclic) bond motifs is 1. The van der Waals surface area contributed by atoms with Gasteiger partial charge >= 0.3 is 0 Å². The average molecular weight is 309 g/mol. The van der Waals surface area contributed by atoms with E-state index in [0.29, 0.717) is 23.8 Å². The van der Waals surface area contributed by atoms with Crippen LogP contribution in [0.3, 0.4) is 0 Å². The highest BCUT2D eigenvalue weighted by atomic mass is 15.3. The number of hydrogen-bond donors (Lipinski definition) is 1. The summed E-state index contributed by atoms with van der Waals surface area (Å²) in [6.07, 6.45) is 8.35. The molecule has 3 aromatic heterocycles.